The van der Waals surface area contributed by atoms with Crippen molar-refractivity contribution in [1.82, 2.24) is 14.8 Å². The molecule has 4 nitrogen and oxygen atoms in total. The van der Waals surface area contributed by atoms with Crippen LogP contribution in [0.5, 0.6) is 5.88 Å². The van der Waals surface area contributed by atoms with Crippen LogP contribution >= 0.6 is 15.9 Å². The third-order valence-corrected chi connectivity index (χ3v) is 2.67. The molecule has 0 unspecified atom stereocenters. The maximum Gasteiger partial charge on any atom is 0.250 e. The van der Waals surface area contributed by atoms with E-state index >= 15 is 0 Å². The van der Waals surface area contributed by atoms with E-state index in [9.17, 15) is 4.39 Å². The lowest BCUT2D eigenvalue weighted by atomic mass is 10.2. The summed E-state index contributed by atoms with van der Waals surface area (Å²) < 4.78 is 21.0. The molecule has 2 rings (SSSR count). The minimum absolute atomic E-state index is 0.0324. The molecule has 16 heavy (non-hydrogen) atoms. The molecule has 0 aromatic carbocycles. The molecule has 0 fully saturated rings. The molecule has 2 heterocycles. The molecule has 0 atom stereocenters. The minimum atomic E-state index is -0.510. The van der Waals surface area contributed by atoms with Crippen LogP contribution in [0.4, 0.5) is 4.39 Å². The summed E-state index contributed by atoms with van der Waals surface area (Å²) in [5, 5.41) is 4.16. The van der Waals surface area contributed by atoms with Crippen molar-refractivity contribution in [3.05, 3.63) is 28.7 Å². The molecule has 2 aromatic rings. The molecular weight excluding hydrogens is 277 g/mol. The van der Waals surface area contributed by atoms with E-state index in [2.05, 4.69) is 26.0 Å². The van der Waals surface area contributed by atoms with Gasteiger partial charge in [-0.3, -0.25) is 4.68 Å². The van der Waals surface area contributed by atoms with Gasteiger partial charge in [0.25, 0.3) is 5.88 Å². The number of rotatable bonds is 2. The highest BCUT2D eigenvalue weighted by Gasteiger charge is 2.16. The number of methoxy groups -OCH3 is 1. The van der Waals surface area contributed by atoms with Crippen molar-refractivity contribution in [1.29, 1.82) is 0 Å². The smallest absolute Gasteiger partial charge is 0.250 e. The van der Waals surface area contributed by atoms with E-state index in [1.165, 1.54) is 13.3 Å². The average Bonchev–Trinajstić information content (AvgIpc) is 2.58. The van der Waals surface area contributed by atoms with Crippen LogP contribution in [0.25, 0.3) is 11.3 Å². The Morgan fingerprint density at radius 3 is 2.81 bits per heavy atom. The predicted octanol–water partition coefficient (Wildman–Crippen LogP) is 2.39. The molecule has 0 bridgehead atoms. The quantitative estimate of drug-likeness (QED) is 0.851. The molecule has 0 radical (unpaired) electrons. The number of hydrogen-bond acceptors (Lipinski definition) is 3. The summed E-state index contributed by atoms with van der Waals surface area (Å²) in [6.07, 6.45) is 3.24. The van der Waals surface area contributed by atoms with Gasteiger partial charge < -0.3 is 4.74 Å². The summed E-state index contributed by atoms with van der Waals surface area (Å²) in [5.74, 6) is -0.542. The molecule has 6 heteroatoms. The zero-order valence-corrected chi connectivity index (χ0v) is 10.3. The first-order chi connectivity index (χ1) is 7.63. The minimum Gasteiger partial charge on any atom is -0.479 e. The fourth-order valence-electron chi connectivity index (χ4n) is 1.39. The van der Waals surface area contributed by atoms with E-state index in [1.807, 2.05) is 0 Å². The van der Waals surface area contributed by atoms with E-state index in [0.717, 1.165) is 4.47 Å². The van der Waals surface area contributed by atoms with Gasteiger partial charge in [0.05, 0.1) is 11.6 Å². The van der Waals surface area contributed by atoms with E-state index in [4.69, 9.17) is 4.74 Å². The first kappa shape index (κ1) is 11.1. The van der Waals surface area contributed by atoms with Crippen LogP contribution < -0.4 is 4.74 Å². The first-order valence-corrected chi connectivity index (χ1v) is 5.30. The van der Waals surface area contributed by atoms with Crippen molar-refractivity contribution in [3.8, 4) is 17.1 Å². The van der Waals surface area contributed by atoms with Crippen LogP contribution in [-0.4, -0.2) is 21.9 Å². The number of aryl methyl sites for hydroxylation is 1. The van der Waals surface area contributed by atoms with Crippen LogP contribution in [0.1, 0.15) is 0 Å². The predicted molar refractivity (Wildman–Crippen MR) is 60.6 cm³/mol. The van der Waals surface area contributed by atoms with Gasteiger partial charge in [0.1, 0.15) is 5.69 Å². The lowest BCUT2D eigenvalue weighted by molar-refractivity contribution is 0.370. The fraction of sp³-hybridized carbons (Fsp3) is 0.200. The highest BCUT2D eigenvalue weighted by atomic mass is 79.9. The Morgan fingerprint density at radius 2 is 2.25 bits per heavy atom. The Hall–Kier alpha value is -1.43. The molecule has 84 valence electrons. The summed E-state index contributed by atoms with van der Waals surface area (Å²) in [4.78, 5) is 3.77. The second-order valence-corrected chi connectivity index (χ2v) is 4.04. The van der Waals surface area contributed by atoms with E-state index < -0.39 is 5.82 Å². The molecule has 0 aliphatic heterocycles. The zero-order valence-electron chi connectivity index (χ0n) is 8.74. The van der Waals surface area contributed by atoms with Gasteiger partial charge in [0.2, 0.25) is 0 Å². The van der Waals surface area contributed by atoms with Crippen LogP contribution in [0.3, 0.4) is 0 Å². The molecule has 0 N–H and O–H groups in total. The second-order valence-electron chi connectivity index (χ2n) is 3.18. The van der Waals surface area contributed by atoms with E-state index in [0.29, 0.717) is 11.3 Å². The van der Waals surface area contributed by atoms with Crippen LogP contribution in [-0.2, 0) is 7.05 Å². The molecule has 0 saturated carbocycles. The number of nitrogens with zero attached hydrogens (tertiary/aromatic N) is 3. The monoisotopic (exact) mass is 285 g/mol. The third-order valence-electron chi connectivity index (χ3n) is 2.09. The molecule has 0 aliphatic carbocycles. The Bertz CT molecular complexity index is 527. The number of pyridine rings is 1. The van der Waals surface area contributed by atoms with Crippen LogP contribution in [0.2, 0.25) is 0 Å². The largest absolute Gasteiger partial charge is 0.479 e. The summed E-state index contributed by atoms with van der Waals surface area (Å²) in [6.45, 7) is 0. The summed E-state index contributed by atoms with van der Waals surface area (Å²) >= 11 is 3.32. The van der Waals surface area contributed by atoms with Gasteiger partial charge in [-0.25, -0.2) is 9.37 Å². The Morgan fingerprint density at radius 1 is 1.50 bits per heavy atom. The Kier molecular flexibility index (Phi) is 2.91. The summed E-state index contributed by atoms with van der Waals surface area (Å²) in [7, 11) is 3.15. The topological polar surface area (TPSA) is 39.9 Å². The molecule has 0 amide bonds. The first-order valence-electron chi connectivity index (χ1n) is 4.51. The highest BCUT2D eigenvalue weighted by molar-refractivity contribution is 9.10. The van der Waals surface area contributed by atoms with Gasteiger partial charge in [-0.15, -0.1) is 0 Å². The van der Waals surface area contributed by atoms with Crippen molar-refractivity contribution in [2.45, 2.75) is 0 Å². The lowest BCUT2D eigenvalue weighted by Gasteiger charge is -2.04. The van der Waals surface area contributed by atoms with Crippen molar-refractivity contribution in [2.24, 2.45) is 7.05 Å². The molecule has 2 aromatic heterocycles. The van der Waals surface area contributed by atoms with Crippen molar-refractivity contribution in [2.75, 3.05) is 7.11 Å². The fourth-order valence-corrected chi connectivity index (χ4v) is 1.98. The van der Waals surface area contributed by atoms with E-state index in [-0.39, 0.29) is 5.88 Å². The second kappa shape index (κ2) is 4.21. The zero-order chi connectivity index (χ0) is 11.7. The number of ether oxygens (including phenoxy) is 1. The third kappa shape index (κ3) is 1.80. The van der Waals surface area contributed by atoms with Gasteiger partial charge in [-0.2, -0.15) is 5.10 Å². The van der Waals surface area contributed by atoms with Crippen LogP contribution in [0, 0.1) is 5.82 Å². The van der Waals surface area contributed by atoms with Crippen molar-refractivity contribution < 1.29 is 9.13 Å². The number of hydrogen-bond donors (Lipinski definition) is 0. The van der Waals surface area contributed by atoms with Crippen molar-refractivity contribution in [3.63, 3.8) is 0 Å². The SMILES string of the molecule is COc1nccc(-c2nn(C)cc2Br)c1F. The number of aromatic nitrogens is 3. The Labute approximate surface area is 100 Å². The van der Waals surface area contributed by atoms with E-state index in [1.54, 1.807) is 24.0 Å². The summed E-state index contributed by atoms with van der Waals surface area (Å²) in [6, 6.07) is 1.56. The Balaban J connectivity index is 2.60. The summed E-state index contributed by atoms with van der Waals surface area (Å²) in [5.41, 5.74) is 0.889. The highest BCUT2D eigenvalue weighted by Crippen LogP contribution is 2.31. The van der Waals surface area contributed by atoms with Gasteiger partial charge >= 0.3 is 0 Å². The molecular formula is C10H9BrFN3O. The molecule has 0 saturated heterocycles. The maximum absolute atomic E-state index is 13.9. The van der Waals surface area contributed by atoms with Gasteiger partial charge in [0, 0.05) is 25.0 Å². The normalized spacial score (nSPS) is 10.5. The van der Waals surface area contributed by atoms with Gasteiger partial charge in [-0.05, 0) is 22.0 Å². The average molecular weight is 286 g/mol. The molecule has 0 spiro atoms. The van der Waals surface area contributed by atoms with Gasteiger partial charge in [-0.1, -0.05) is 0 Å². The van der Waals surface area contributed by atoms with Gasteiger partial charge in [0.15, 0.2) is 5.82 Å². The lowest BCUT2D eigenvalue weighted by Crippen LogP contribution is -1.95. The van der Waals surface area contributed by atoms with Crippen LogP contribution in [0.15, 0.2) is 22.9 Å². The maximum atomic E-state index is 13.9. The number of halogens is 2. The molecule has 0 aliphatic rings. The van der Waals surface area contributed by atoms with Crippen molar-refractivity contribution >= 4 is 15.9 Å². The standard InChI is InChI=1S/C10H9BrFN3O/c1-15-5-7(11)9(14-15)6-3-4-13-10(16-2)8(6)12/h3-5H,1-2H3.